The van der Waals surface area contributed by atoms with Gasteiger partial charge in [-0.3, -0.25) is 0 Å². The Morgan fingerprint density at radius 3 is 2.74 bits per heavy atom. The van der Waals surface area contributed by atoms with Crippen LogP contribution in [-0.4, -0.2) is 30.2 Å². The zero-order valence-corrected chi connectivity index (χ0v) is 17.8. The third-order valence-corrected chi connectivity index (χ3v) is 4.88. The predicted molar refractivity (Wildman–Crippen MR) is 122 cm³/mol. The van der Waals surface area contributed by atoms with Crippen LogP contribution in [0.4, 0.5) is 4.39 Å². The number of benzene rings is 1. The van der Waals surface area contributed by atoms with Gasteiger partial charge in [0.2, 0.25) is 0 Å². The van der Waals surface area contributed by atoms with Gasteiger partial charge in [0.25, 0.3) is 0 Å². The van der Waals surface area contributed by atoms with E-state index in [9.17, 15) is 4.39 Å². The summed E-state index contributed by atoms with van der Waals surface area (Å²) in [6.45, 7) is 10.0. The fraction of sp³-hybridized carbons (Fsp3) is 0.208. The number of fused-ring (bicyclic) bond motifs is 1. The third-order valence-electron chi connectivity index (χ3n) is 4.88. The minimum absolute atomic E-state index is 0.282. The van der Waals surface area contributed by atoms with Crippen molar-refractivity contribution in [3.05, 3.63) is 89.8 Å². The maximum atomic E-state index is 14.9. The monoisotopic (exact) mass is 422 g/mol. The van der Waals surface area contributed by atoms with Gasteiger partial charge < -0.3 is 25.5 Å². The van der Waals surface area contributed by atoms with Gasteiger partial charge >= 0.3 is 0 Å². The van der Waals surface area contributed by atoms with E-state index < -0.39 is 0 Å². The number of hydrogen-bond acceptors (Lipinski definition) is 5. The van der Waals surface area contributed by atoms with Crippen molar-refractivity contribution in [2.24, 2.45) is 5.73 Å². The lowest BCUT2D eigenvalue weighted by atomic mass is 10.0. The van der Waals surface area contributed by atoms with Gasteiger partial charge in [0.1, 0.15) is 18.1 Å². The average Bonchev–Trinajstić information content (AvgIpc) is 3.16. The Bertz CT molecular complexity index is 1130. The minimum atomic E-state index is -0.360. The van der Waals surface area contributed by atoms with E-state index in [1.54, 1.807) is 18.3 Å². The number of halogens is 1. The molecule has 162 valence electrons. The van der Waals surface area contributed by atoms with Crippen LogP contribution in [0.15, 0.2) is 67.3 Å². The van der Waals surface area contributed by atoms with Gasteiger partial charge in [0.15, 0.2) is 11.5 Å². The lowest BCUT2D eigenvalue weighted by Gasteiger charge is -2.14. The zero-order chi connectivity index (χ0) is 22.4. The van der Waals surface area contributed by atoms with Gasteiger partial charge in [-0.25, -0.2) is 9.37 Å². The summed E-state index contributed by atoms with van der Waals surface area (Å²) in [7, 11) is 1.53. The number of aromatic nitrogens is 2. The van der Waals surface area contributed by atoms with Crippen molar-refractivity contribution < 1.29 is 13.9 Å². The zero-order valence-electron chi connectivity index (χ0n) is 17.8. The Hall–Kier alpha value is -3.74. The molecule has 0 bridgehead atoms. The highest BCUT2D eigenvalue weighted by Crippen LogP contribution is 2.32. The first-order valence-electron chi connectivity index (χ1n) is 9.87. The van der Waals surface area contributed by atoms with Crippen molar-refractivity contribution in [2.75, 3.05) is 20.3 Å². The number of nitrogens with one attached hydrogen (secondary N) is 2. The van der Waals surface area contributed by atoms with E-state index in [4.69, 9.17) is 15.2 Å². The number of allylic oxidation sites excluding steroid dienone is 2. The molecule has 6 nitrogen and oxygen atoms in total. The quantitative estimate of drug-likeness (QED) is 0.338. The van der Waals surface area contributed by atoms with Crippen LogP contribution in [0.25, 0.3) is 11.0 Å². The van der Waals surface area contributed by atoms with E-state index in [1.807, 2.05) is 19.2 Å². The second kappa shape index (κ2) is 9.84. The molecule has 0 spiro atoms. The second-order valence-electron chi connectivity index (χ2n) is 7.05. The highest BCUT2D eigenvalue weighted by Gasteiger charge is 2.14. The fourth-order valence-corrected chi connectivity index (χ4v) is 3.25. The highest BCUT2D eigenvalue weighted by molar-refractivity contribution is 5.80. The fourth-order valence-electron chi connectivity index (χ4n) is 3.25. The molecule has 0 fully saturated rings. The van der Waals surface area contributed by atoms with Gasteiger partial charge in [-0.05, 0) is 47.9 Å². The summed E-state index contributed by atoms with van der Waals surface area (Å²) in [6, 6.07) is 5.07. The second-order valence-corrected chi connectivity index (χ2v) is 7.05. The molecule has 0 unspecified atom stereocenters. The number of hydrogen-bond donors (Lipinski definition) is 3. The van der Waals surface area contributed by atoms with Crippen molar-refractivity contribution >= 4 is 11.0 Å². The highest BCUT2D eigenvalue weighted by atomic mass is 19.1. The number of rotatable bonds is 10. The van der Waals surface area contributed by atoms with Crippen LogP contribution >= 0.6 is 0 Å². The van der Waals surface area contributed by atoms with Gasteiger partial charge in [-0.1, -0.05) is 13.2 Å². The minimum Gasteiger partial charge on any atom is -0.493 e. The number of nitrogens with zero attached hydrogens (tertiary/aromatic N) is 1. The summed E-state index contributed by atoms with van der Waals surface area (Å²) in [5.41, 5.74) is 10.3. The molecule has 0 atom stereocenters. The van der Waals surface area contributed by atoms with E-state index in [0.717, 1.165) is 22.2 Å². The molecule has 4 N–H and O–H groups in total. The predicted octanol–water partition coefficient (Wildman–Crippen LogP) is 4.12. The van der Waals surface area contributed by atoms with Gasteiger partial charge in [0.05, 0.1) is 18.5 Å². The van der Waals surface area contributed by atoms with Crippen molar-refractivity contribution in [2.45, 2.75) is 13.3 Å². The smallest absolute Gasteiger partial charge is 0.164 e. The Balaban J connectivity index is 1.73. The van der Waals surface area contributed by atoms with Crippen molar-refractivity contribution in [3.63, 3.8) is 0 Å². The average molecular weight is 423 g/mol. The van der Waals surface area contributed by atoms with Crippen LogP contribution in [0.3, 0.4) is 0 Å². The molecule has 3 rings (SSSR count). The SMILES string of the molecule is C=C/C(N)=C(\C=C)NCCOc1cc(F)c(Cc2c[nH]c3ncc(C)cc23)cc1OC. The molecule has 2 aromatic heterocycles. The first kappa shape index (κ1) is 22.0. The molecular formula is C24H27FN4O2. The number of methoxy groups -OCH3 is 1. The van der Waals surface area contributed by atoms with Crippen LogP contribution in [0.2, 0.25) is 0 Å². The number of H-pyrrole nitrogens is 1. The molecule has 1 aromatic carbocycles. The first-order valence-corrected chi connectivity index (χ1v) is 9.87. The summed E-state index contributed by atoms with van der Waals surface area (Å²) < 4.78 is 26.0. The number of aryl methyl sites for hydroxylation is 1. The van der Waals surface area contributed by atoms with E-state index in [1.165, 1.54) is 19.3 Å². The lowest BCUT2D eigenvalue weighted by Crippen LogP contribution is -2.22. The Kier molecular flexibility index (Phi) is 6.97. The number of aromatic amines is 1. The third kappa shape index (κ3) is 5.06. The summed E-state index contributed by atoms with van der Waals surface area (Å²) in [4.78, 5) is 7.50. The number of ether oxygens (including phenoxy) is 2. The van der Waals surface area contributed by atoms with Crippen LogP contribution in [0.5, 0.6) is 11.5 Å². The van der Waals surface area contributed by atoms with E-state index in [-0.39, 0.29) is 12.4 Å². The van der Waals surface area contributed by atoms with Crippen LogP contribution in [0.1, 0.15) is 16.7 Å². The van der Waals surface area contributed by atoms with E-state index in [0.29, 0.717) is 41.4 Å². The molecule has 31 heavy (non-hydrogen) atoms. The summed E-state index contributed by atoms with van der Waals surface area (Å²) in [5.74, 6) is 0.444. The summed E-state index contributed by atoms with van der Waals surface area (Å²) >= 11 is 0. The molecule has 0 aliphatic carbocycles. The standard InChI is InChI=1S/C24H27FN4O2/c1-5-20(26)21(6-2)27-7-8-31-23-12-19(25)16(11-22(23)30-4)10-17-14-29-24-18(17)9-15(3)13-28-24/h5-6,9,11-14,27H,1-2,7-8,10,26H2,3-4H3,(H,28,29)/b21-20-. The molecule has 3 aromatic rings. The molecule has 0 aliphatic heterocycles. The van der Waals surface area contributed by atoms with Crippen LogP contribution in [-0.2, 0) is 6.42 Å². The molecular weight excluding hydrogens is 395 g/mol. The molecule has 0 radical (unpaired) electrons. The Labute approximate surface area is 181 Å². The number of nitrogens with two attached hydrogens (primary N) is 1. The van der Waals surface area contributed by atoms with Crippen LogP contribution in [0, 0.1) is 12.7 Å². The molecule has 0 aliphatic rings. The van der Waals surface area contributed by atoms with E-state index in [2.05, 4.69) is 28.4 Å². The van der Waals surface area contributed by atoms with Crippen LogP contribution < -0.4 is 20.5 Å². The molecule has 2 heterocycles. The maximum absolute atomic E-state index is 14.9. The Morgan fingerprint density at radius 1 is 1.23 bits per heavy atom. The molecule has 0 saturated heterocycles. The number of pyridine rings is 1. The van der Waals surface area contributed by atoms with Gasteiger partial charge in [-0.15, -0.1) is 0 Å². The first-order chi connectivity index (χ1) is 15.0. The van der Waals surface area contributed by atoms with Crippen molar-refractivity contribution in [1.82, 2.24) is 15.3 Å². The Morgan fingerprint density at radius 2 is 2.03 bits per heavy atom. The van der Waals surface area contributed by atoms with E-state index >= 15 is 0 Å². The molecule has 0 amide bonds. The van der Waals surface area contributed by atoms with Crippen molar-refractivity contribution in [1.29, 1.82) is 0 Å². The molecule has 7 heteroatoms. The summed E-state index contributed by atoms with van der Waals surface area (Å²) in [5, 5.41) is 4.08. The van der Waals surface area contributed by atoms with Gasteiger partial charge in [0, 0.05) is 36.8 Å². The van der Waals surface area contributed by atoms with Crippen molar-refractivity contribution in [3.8, 4) is 11.5 Å². The largest absolute Gasteiger partial charge is 0.493 e. The lowest BCUT2D eigenvalue weighted by molar-refractivity contribution is 0.294. The van der Waals surface area contributed by atoms with Gasteiger partial charge in [-0.2, -0.15) is 0 Å². The summed E-state index contributed by atoms with van der Waals surface area (Å²) in [6.07, 6.45) is 7.20. The maximum Gasteiger partial charge on any atom is 0.164 e. The normalized spacial score (nSPS) is 11.7. The molecule has 0 saturated carbocycles. The topological polar surface area (TPSA) is 85.2 Å².